The summed E-state index contributed by atoms with van der Waals surface area (Å²) in [4.78, 5) is 10.7. The highest BCUT2D eigenvalue weighted by Crippen LogP contribution is 2.27. The monoisotopic (exact) mass is 304 g/mol. The lowest BCUT2D eigenvalue weighted by Gasteiger charge is -2.11. The zero-order valence-corrected chi connectivity index (χ0v) is 12.4. The maximum Gasteiger partial charge on any atom is 0.344 e. The minimum atomic E-state index is -1.03. The van der Waals surface area contributed by atoms with Crippen LogP contribution in [0.4, 0.5) is 4.39 Å². The van der Waals surface area contributed by atoms with Crippen LogP contribution in [0.15, 0.2) is 42.5 Å². The summed E-state index contributed by atoms with van der Waals surface area (Å²) in [5.74, 6) is -0.775. The number of halogens is 1. The topological polar surface area (TPSA) is 55.8 Å². The van der Waals surface area contributed by atoms with E-state index >= 15 is 0 Å². The number of carboxylic acid groups (broad SMARTS) is 1. The molecule has 1 N–H and O–H groups in total. The molecule has 2 aromatic rings. The first-order valence-electron chi connectivity index (χ1n) is 6.93. The molecule has 0 aliphatic rings. The van der Waals surface area contributed by atoms with Gasteiger partial charge in [-0.15, -0.1) is 0 Å². The van der Waals surface area contributed by atoms with Crippen molar-refractivity contribution < 1.29 is 23.8 Å². The number of hydrogen-bond donors (Lipinski definition) is 1. The molecule has 0 saturated carbocycles. The van der Waals surface area contributed by atoms with Gasteiger partial charge in [0.2, 0.25) is 0 Å². The molecule has 0 aliphatic carbocycles. The molecule has 1 atom stereocenters. The molecule has 0 radical (unpaired) electrons. The molecule has 0 amide bonds. The molecule has 116 valence electrons. The summed E-state index contributed by atoms with van der Waals surface area (Å²) in [6.45, 7) is 3.66. The summed E-state index contributed by atoms with van der Waals surface area (Å²) in [7, 11) is 0. The number of rotatable bonds is 6. The molecule has 0 aliphatic heterocycles. The highest BCUT2D eigenvalue weighted by atomic mass is 19.1. The van der Waals surface area contributed by atoms with Gasteiger partial charge in [-0.3, -0.25) is 0 Å². The third kappa shape index (κ3) is 3.75. The van der Waals surface area contributed by atoms with Crippen LogP contribution >= 0.6 is 0 Å². The van der Waals surface area contributed by atoms with Crippen LogP contribution in [0.2, 0.25) is 0 Å². The van der Waals surface area contributed by atoms with Crippen LogP contribution in [0.5, 0.6) is 11.5 Å². The highest BCUT2D eigenvalue weighted by Gasteiger charge is 2.12. The van der Waals surface area contributed by atoms with Gasteiger partial charge in [-0.2, -0.15) is 0 Å². The molecule has 22 heavy (non-hydrogen) atoms. The second-order valence-electron chi connectivity index (χ2n) is 4.70. The summed E-state index contributed by atoms with van der Waals surface area (Å²) in [5.41, 5.74) is 1.51. The Morgan fingerprint density at radius 3 is 2.36 bits per heavy atom. The molecule has 4 nitrogen and oxygen atoms in total. The Morgan fingerprint density at radius 2 is 1.82 bits per heavy atom. The Hall–Kier alpha value is -2.56. The van der Waals surface area contributed by atoms with Crippen LogP contribution in [0, 0.1) is 5.82 Å². The SMILES string of the molecule is CCOc1ccc(-c2ccc(OC(C)C(=O)O)cc2)cc1F. The van der Waals surface area contributed by atoms with Gasteiger partial charge < -0.3 is 14.6 Å². The molecule has 0 aromatic heterocycles. The molecular weight excluding hydrogens is 287 g/mol. The average molecular weight is 304 g/mol. The summed E-state index contributed by atoms with van der Waals surface area (Å²) in [6, 6.07) is 11.6. The van der Waals surface area contributed by atoms with Crippen molar-refractivity contribution >= 4 is 5.97 Å². The first kappa shape index (κ1) is 15.8. The van der Waals surface area contributed by atoms with Crippen LogP contribution < -0.4 is 9.47 Å². The molecule has 5 heteroatoms. The van der Waals surface area contributed by atoms with Gasteiger partial charge in [0.05, 0.1) is 6.61 Å². The van der Waals surface area contributed by atoms with Crippen molar-refractivity contribution in [2.24, 2.45) is 0 Å². The summed E-state index contributed by atoms with van der Waals surface area (Å²) in [5, 5.41) is 8.80. The van der Waals surface area contributed by atoms with Gasteiger partial charge in [-0.25, -0.2) is 9.18 Å². The Morgan fingerprint density at radius 1 is 1.18 bits per heavy atom. The smallest absolute Gasteiger partial charge is 0.344 e. The van der Waals surface area contributed by atoms with Crippen molar-refractivity contribution in [1.29, 1.82) is 0 Å². The normalized spacial score (nSPS) is 11.8. The van der Waals surface area contributed by atoms with Gasteiger partial charge in [0.25, 0.3) is 0 Å². The molecule has 1 unspecified atom stereocenters. The largest absolute Gasteiger partial charge is 0.491 e. The van der Waals surface area contributed by atoms with Crippen molar-refractivity contribution in [2.45, 2.75) is 20.0 Å². The number of aliphatic carboxylic acids is 1. The Kier molecular flexibility index (Phi) is 4.99. The maximum absolute atomic E-state index is 13.8. The van der Waals surface area contributed by atoms with Crippen LogP contribution in [0.25, 0.3) is 11.1 Å². The molecule has 0 bridgehead atoms. The Bertz CT molecular complexity index is 652. The number of benzene rings is 2. The van der Waals surface area contributed by atoms with E-state index in [4.69, 9.17) is 14.6 Å². The fraction of sp³-hybridized carbons (Fsp3) is 0.235. The first-order chi connectivity index (χ1) is 10.5. The highest BCUT2D eigenvalue weighted by molar-refractivity contribution is 5.72. The minimum absolute atomic E-state index is 0.224. The predicted octanol–water partition coefficient (Wildman–Crippen LogP) is 3.74. The van der Waals surface area contributed by atoms with Gasteiger partial charge >= 0.3 is 5.97 Å². The summed E-state index contributed by atoms with van der Waals surface area (Å²) in [6.07, 6.45) is -0.922. The van der Waals surface area contributed by atoms with Crippen LogP contribution in [-0.2, 0) is 4.79 Å². The van der Waals surface area contributed by atoms with Crippen molar-refractivity contribution in [3.63, 3.8) is 0 Å². The van der Waals surface area contributed by atoms with Crippen LogP contribution in [0.1, 0.15) is 13.8 Å². The van der Waals surface area contributed by atoms with Gasteiger partial charge in [0, 0.05) is 0 Å². The van der Waals surface area contributed by atoms with Gasteiger partial charge in [0.15, 0.2) is 17.7 Å². The van der Waals surface area contributed by atoms with E-state index in [0.29, 0.717) is 17.9 Å². The lowest BCUT2D eigenvalue weighted by Crippen LogP contribution is -2.22. The maximum atomic E-state index is 13.8. The Balaban J connectivity index is 2.16. The Labute approximate surface area is 128 Å². The lowest BCUT2D eigenvalue weighted by atomic mass is 10.1. The van der Waals surface area contributed by atoms with Crippen molar-refractivity contribution in [2.75, 3.05) is 6.61 Å². The molecule has 0 fully saturated rings. The second-order valence-corrected chi connectivity index (χ2v) is 4.70. The third-order valence-electron chi connectivity index (χ3n) is 3.08. The molecule has 0 heterocycles. The fourth-order valence-corrected chi connectivity index (χ4v) is 1.93. The van der Waals surface area contributed by atoms with Crippen LogP contribution in [0.3, 0.4) is 0 Å². The molecule has 0 spiro atoms. The number of carbonyl (C=O) groups is 1. The van der Waals surface area contributed by atoms with Crippen LogP contribution in [-0.4, -0.2) is 23.8 Å². The third-order valence-corrected chi connectivity index (χ3v) is 3.08. The van der Waals surface area contributed by atoms with E-state index in [9.17, 15) is 9.18 Å². The second kappa shape index (κ2) is 6.93. The number of ether oxygens (including phenoxy) is 2. The van der Waals surface area contributed by atoms with Gasteiger partial charge in [0.1, 0.15) is 5.75 Å². The first-order valence-corrected chi connectivity index (χ1v) is 6.93. The van der Waals surface area contributed by atoms with E-state index in [2.05, 4.69) is 0 Å². The lowest BCUT2D eigenvalue weighted by molar-refractivity contribution is -0.144. The molecule has 0 saturated heterocycles. The van der Waals surface area contributed by atoms with E-state index in [1.165, 1.54) is 13.0 Å². The zero-order chi connectivity index (χ0) is 16.1. The standard InChI is InChI=1S/C17H17FO4/c1-3-21-16-9-6-13(10-15(16)18)12-4-7-14(8-5-12)22-11(2)17(19)20/h4-11H,3H2,1-2H3,(H,19,20). The average Bonchev–Trinajstić information content (AvgIpc) is 2.50. The van der Waals surface area contributed by atoms with E-state index in [-0.39, 0.29) is 5.75 Å². The summed E-state index contributed by atoms with van der Waals surface area (Å²) < 4.78 is 24.3. The quantitative estimate of drug-likeness (QED) is 0.883. The summed E-state index contributed by atoms with van der Waals surface area (Å²) >= 11 is 0. The van der Waals surface area contributed by atoms with Gasteiger partial charge in [-0.05, 0) is 49.2 Å². The molecular formula is C17H17FO4. The number of carboxylic acids is 1. The van der Waals surface area contributed by atoms with Crippen molar-refractivity contribution in [3.05, 3.63) is 48.3 Å². The predicted molar refractivity (Wildman–Crippen MR) is 80.7 cm³/mol. The number of hydrogen-bond acceptors (Lipinski definition) is 3. The minimum Gasteiger partial charge on any atom is -0.491 e. The van der Waals surface area contributed by atoms with Crippen molar-refractivity contribution in [1.82, 2.24) is 0 Å². The zero-order valence-electron chi connectivity index (χ0n) is 12.4. The molecule has 2 aromatic carbocycles. The van der Waals surface area contributed by atoms with E-state index in [1.807, 2.05) is 0 Å². The molecule has 2 rings (SSSR count). The van der Waals surface area contributed by atoms with E-state index in [1.54, 1.807) is 43.3 Å². The fourth-order valence-electron chi connectivity index (χ4n) is 1.93. The van der Waals surface area contributed by atoms with Gasteiger partial charge in [-0.1, -0.05) is 18.2 Å². The van der Waals surface area contributed by atoms with E-state index in [0.717, 1.165) is 5.56 Å². The van der Waals surface area contributed by atoms with E-state index < -0.39 is 17.9 Å². The van der Waals surface area contributed by atoms with Crippen molar-refractivity contribution in [3.8, 4) is 22.6 Å².